The number of benzene rings is 2. The number of nitrogens with zero attached hydrogens (tertiary/aromatic N) is 2. The van der Waals surface area contributed by atoms with Gasteiger partial charge in [-0.25, -0.2) is 0 Å². The van der Waals surface area contributed by atoms with E-state index in [2.05, 4.69) is 35.4 Å². The fourth-order valence-corrected chi connectivity index (χ4v) is 5.24. The summed E-state index contributed by atoms with van der Waals surface area (Å²) in [5.41, 5.74) is 4.49. The van der Waals surface area contributed by atoms with Crippen LogP contribution >= 0.6 is 11.6 Å². The number of methoxy groups -OCH3 is 1. The van der Waals surface area contributed by atoms with Crippen LogP contribution in [0.3, 0.4) is 0 Å². The third kappa shape index (κ3) is 5.29. The van der Waals surface area contributed by atoms with Gasteiger partial charge in [-0.3, -0.25) is 4.98 Å². The van der Waals surface area contributed by atoms with Gasteiger partial charge in [-0.15, -0.1) is 0 Å². The molecule has 2 atom stereocenters. The second-order valence-electron chi connectivity index (χ2n) is 9.41. The number of carbonyl (C=O) groups excluding carboxylic acids is 1. The Morgan fingerprint density at radius 1 is 1.24 bits per heavy atom. The zero-order valence-electron chi connectivity index (χ0n) is 20.0. The number of aromatic nitrogens is 1. The standard InChI is InChI=1S/C27H32ClN3O3/c1-31(2)16-17-5-4-6-21(11-17)30-26-19(9-10-32)15-29-24-8-7-18(12-22(24)26)20-13-23(28)27(33)25(14-20)34-3/h7-8,10,12-15,17,21,33H,4-6,9,11,16H2,1-3H3,(H,29,30)/t17-,21-/m1/s1. The Balaban J connectivity index is 1.75. The Bertz CT molecular complexity index is 1180. The van der Waals surface area contributed by atoms with Crippen LogP contribution in [0.4, 0.5) is 5.69 Å². The monoisotopic (exact) mass is 481 g/mol. The number of fused-ring (bicyclic) bond motifs is 1. The lowest BCUT2D eigenvalue weighted by atomic mass is 9.85. The van der Waals surface area contributed by atoms with E-state index < -0.39 is 0 Å². The SMILES string of the molecule is COc1cc(-c2ccc3ncc(CC=O)c(N[C@@H]4CCC[C@@H](CN(C)C)C4)c3c2)cc(Cl)c1O. The molecule has 1 heterocycles. The minimum Gasteiger partial charge on any atom is -0.503 e. The summed E-state index contributed by atoms with van der Waals surface area (Å²) < 4.78 is 5.29. The summed E-state index contributed by atoms with van der Waals surface area (Å²) in [6, 6.07) is 9.87. The molecule has 0 unspecified atom stereocenters. The van der Waals surface area contributed by atoms with Gasteiger partial charge in [0.25, 0.3) is 0 Å². The highest BCUT2D eigenvalue weighted by molar-refractivity contribution is 6.32. The van der Waals surface area contributed by atoms with E-state index in [1.54, 1.807) is 18.3 Å². The van der Waals surface area contributed by atoms with Crippen molar-refractivity contribution in [2.75, 3.05) is 33.1 Å². The molecule has 6 nitrogen and oxygen atoms in total. The maximum Gasteiger partial charge on any atom is 0.176 e. The van der Waals surface area contributed by atoms with Crippen molar-refractivity contribution in [3.63, 3.8) is 0 Å². The highest BCUT2D eigenvalue weighted by Crippen LogP contribution is 2.40. The number of phenols is 1. The number of anilines is 1. The molecule has 180 valence electrons. The molecule has 1 saturated carbocycles. The van der Waals surface area contributed by atoms with Gasteiger partial charge in [-0.05, 0) is 74.7 Å². The molecular formula is C27H32ClN3O3. The Morgan fingerprint density at radius 2 is 2.06 bits per heavy atom. The average molecular weight is 482 g/mol. The maximum atomic E-state index is 11.4. The third-order valence-electron chi connectivity index (χ3n) is 6.59. The molecule has 1 aliphatic rings. The molecule has 0 spiro atoms. The first-order valence-corrected chi connectivity index (χ1v) is 12.1. The van der Waals surface area contributed by atoms with Crippen LogP contribution < -0.4 is 10.1 Å². The van der Waals surface area contributed by atoms with E-state index in [0.29, 0.717) is 24.1 Å². The topological polar surface area (TPSA) is 74.7 Å². The zero-order chi connectivity index (χ0) is 24.2. The van der Waals surface area contributed by atoms with E-state index in [-0.39, 0.29) is 10.8 Å². The van der Waals surface area contributed by atoms with Crippen molar-refractivity contribution < 1.29 is 14.6 Å². The van der Waals surface area contributed by atoms with Crippen molar-refractivity contribution in [1.29, 1.82) is 0 Å². The molecule has 1 aromatic heterocycles. The number of nitrogens with one attached hydrogen (secondary N) is 1. The molecule has 0 amide bonds. The fraction of sp³-hybridized carbons (Fsp3) is 0.407. The lowest BCUT2D eigenvalue weighted by Crippen LogP contribution is -2.32. The number of carbonyl (C=O) groups is 1. The quantitative estimate of drug-likeness (QED) is 0.411. The molecule has 3 aromatic rings. The second-order valence-corrected chi connectivity index (χ2v) is 9.81. The van der Waals surface area contributed by atoms with Crippen LogP contribution in [0.2, 0.25) is 5.02 Å². The average Bonchev–Trinajstić information content (AvgIpc) is 2.82. The summed E-state index contributed by atoms with van der Waals surface area (Å²) in [5.74, 6) is 0.907. The summed E-state index contributed by atoms with van der Waals surface area (Å²) in [6.07, 6.45) is 7.70. The van der Waals surface area contributed by atoms with Gasteiger partial charge in [0.2, 0.25) is 0 Å². The molecule has 2 aromatic carbocycles. The molecule has 7 heteroatoms. The van der Waals surface area contributed by atoms with Crippen LogP contribution in [0.1, 0.15) is 31.2 Å². The molecule has 0 aliphatic heterocycles. The van der Waals surface area contributed by atoms with Gasteiger partial charge in [-0.1, -0.05) is 24.1 Å². The number of aromatic hydroxyl groups is 1. The van der Waals surface area contributed by atoms with Crippen molar-refractivity contribution in [2.24, 2.45) is 5.92 Å². The normalized spacial score (nSPS) is 18.3. The van der Waals surface area contributed by atoms with Crippen molar-refractivity contribution in [2.45, 2.75) is 38.1 Å². The summed E-state index contributed by atoms with van der Waals surface area (Å²) in [4.78, 5) is 18.3. The molecule has 1 fully saturated rings. The van der Waals surface area contributed by atoms with Crippen molar-refractivity contribution >= 4 is 34.5 Å². The summed E-state index contributed by atoms with van der Waals surface area (Å²) in [6.45, 7) is 1.09. The highest BCUT2D eigenvalue weighted by atomic mass is 35.5. The molecule has 0 saturated heterocycles. The van der Waals surface area contributed by atoms with Gasteiger partial charge in [0.1, 0.15) is 6.29 Å². The van der Waals surface area contributed by atoms with E-state index in [4.69, 9.17) is 16.3 Å². The van der Waals surface area contributed by atoms with Gasteiger partial charge >= 0.3 is 0 Å². The Kier molecular flexibility index (Phi) is 7.59. The van der Waals surface area contributed by atoms with Gasteiger partial charge in [0.15, 0.2) is 11.5 Å². The Labute approximate surface area is 205 Å². The molecule has 1 aliphatic carbocycles. The largest absolute Gasteiger partial charge is 0.503 e. The predicted molar refractivity (Wildman–Crippen MR) is 138 cm³/mol. The van der Waals surface area contributed by atoms with E-state index in [1.165, 1.54) is 20.0 Å². The fourth-order valence-electron chi connectivity index (χ4n) is 5.03. The number of hydrogen-bond acceptors (Lipinski definition) is 6. The number of phenolic OH excluding ortho intramolecular Hbond substituents is 1. The van der Waals surface area contributed by atoms with Gasteiger partial charge in [-0.2, -0.15) is 0 Å². The van der Waals surface area contributed by atoms with Crippen LogP contribution in [0.15, 0.2) is 36.5 Å². The number of hydrogen-bond donors (Lipinski definition) is 2. The summed E-state index contributed by atoms with van der Waals surface area (Å²) in [5, 5.41) is 15.1. The third-order valence-corrected chi connectivity index (χ3v) is 6.87. The number of ether oxygens (including phenoxy) is 1. The molecule has 2 N–H and O–H groups in total. The first-order chi connectivity index (χ1) is 16.4. The maximum absolute atomic E-state index is 11.4. The van der Waals surface area contributed by atoms with E-state index in [1.807, 2.05) is 12.1 Å². The molecule has 0 bridgehead atoms. The number of halogens is 1. The smallest absolute Gasteiger partial charge is 0.176 e. The summed E-state index contributed by atoms with van der Waals surface area (Å²) >= 11 is 6.25. The first kappa shape index (κ1) is 24.3. The van der Waals surface area contributed by atoms with Crippen molar-refractivity contribution in [1.82, 2.24) is 9.88 Å². The van der Waals surface area contributed by atoms with Crippen molar-refractivity contribution in [3.05, 3.63) is 47.1 Å². The van der Waals surface area contributed by atoms with Crippen LogP contribution in [-0.4, -0.2) is 55.1 Å². The predicted octanol–water partition coefficient (Wildman–Crippen LogP) is 5.54. The van der Waals surface area contributed by atoms with Gasteiger partial charge in [0, 0.05) is 41.8 Å². The number of aldehydes is 1. The number of rotatable bonds is 8. The molecule has 0 radical (unpaired) electrons. The van der Waals surface area contributed by atoms with Gasteiger partial charge in [0.05, 0.1) is 17.6 Å². The second kappa shape index (κ2) is 10.6. The minimum absolute atomic E-state index is 0.0735. The lowest BCUT2D eigenvalue weighted by molar-refractivity contribution is -0.107. The van der Waals surface area contributed by atoms with Crippen LogP contribution in [0.5, 0.6) is 11.5 Å². The van der Waals surface area contributed by atoms with Crippen LogP contribution in [0.25, 0.3) is 22.0 Å². The lowest BCUT2D eigenvalue weighted by Gasteiger charge is -2.32. The Morgan fingerprint density at radius 3 is 2.79 bits per heavy atom. The molecular weight excluding hydrogens is 450 g/mol. The zero-order valence-corrected chi connectivity index (χ0v) is 20.7. The van der Waals surface area contributed by atoms with Gasteiger partial charge < -0.3 is 24.9 Å². The van der Waals surface area contributed by atoms with E-state index in [0.717, 1.165) is 59.0 Å². The minimum atomic E-state index is -0.0735. The summed E-state index contributed by atoms with van der Waals surface area (Å²) in [7, 11) is 5.75. The Hall–Kier alpha value is -2.83. The van der Waals surface area contributed by atoms with E-state index >= 15 is 0 Å². The van der Waals surface area contributed by atoms with Crippen LogP contribution in [-0.2, 0) is 11.2 Å². The molecule has 34 heavy (non-hydrogen) atoms. The van der Waals surface area contributed by atoms with E-state index in [9.17, 15) is 9.90 Å². The highest BCUT2D eigenvalue weighted by Gasteiger charge is 2.24. The molecule has 4 rings (SSSR count). The first-order valence-electron chi connectivity index (χ1n) is 11.7. The number of pyridine rings is 1. The van der Waals surface area contributed by atoms with Crippen molar-refractivity contribution in [3.8, 4) is 22.6 Å². The van der Waals surface area contributed by atoms with Crippen LogP contribution in [0, 0.1) is 5.92 Å².